The Morgan fingerprint density at radius 3 is 2.24 bits per heavy atom. The fourth-order valence-electron chi connectivity index (χ4n) is 1.15. The molecule has 0 aliphatic carbocycles. The lowest BCUT2D eigenvalue weighted by Crippen LogP contribution is -2.06. The summed E-state index contributed by atoms with van der Waals surface area (Å²) in [6.07, 6.45) is 0. The summed E-state index contributed by atoms with van der Waals surface area (Å²) < 4.78 is 12.2. The number of hydrogen-bond donors (Lipinski definition) is 0. The molecule has 0 unspecified atom stereocenters. The molecule has 0 aromatic heterocycles. The molecule has 0 bridgehead atoms. The second-order valence-electron chi connectivity index (χ2n) is 4.01. The number of ether oxygens (including phenoxy) is 2. The molecule has 1 aromatic carbocycles. The van der Waals surface area contributed by atoms with Crippen molar-refractivity contribution in [2.75, 3.05) is 6.61 Å². The monoisotopic (exact) mass is 364 g/mol. The van der Waals surface area contributed by atoms with E-state index in [0.29, 0.717) is 18.3 Å². The first-order valence-corrected chi connectivity index (χ1v) is 6.79. The van der Waals surface area contributed by atoms with Crippen LogP contribution in [0.1, 0.15) is 20.8 Å². The summed E-state index contributed by atoms with van der Waals surface area (Å²) in [7, 11) is 0. The zero-order valence-corrected chi connectivity index (χ0v) is 13.1. The Hall–Kier alpha value is -0.550. The zero-order valence-electron chi connectivity index (χ0n) is 9.92. The summed E-state index contributed by atoms with van der Waals surface area (Å²) in [5, 5.41) is 0. The molecule has 94 valence electrons. The van der Waals surface area contributed by atoms with Crippen molar-refractivity contribution in [2.45, 2.75) is 20.8 Å². The van der Waals surface area contributed by atoms with Crippen LogP contribution in [0.2, 0.25) is 0 Å². The van der Waals surface area contributed by atoms with Crippen LogP contribution in [0.15, 0.2) is 21.1 Å². The van der Waals surface area contributed by atoms with E-state index in [-0.39, 0.29) is 5.97 Å². The van der Waals surface area contributed by atoms with Crippen molar-refractivity contribution < 1.29 is 14.3 Å². The highest BCUT2D eigenvalue weighted by Crippen LogP contribution is 2.37. The Morgan fingerprint density at radius 1 is 1.29 bits per heavy atom. The third-order valence-electron chi connectivity index (χ3n) is 1.79. The zero-order chi connectivity index (χ0) is 13.0. The molecule has 0 atom stereocenters. The molecule has 0 heterocycles. The van der Waals surface area contributed by atoms with Gasteiger partial charge in [0.15, 0.2) is 0 Å². The molecule has 0 aliphatic rings. The predicted molar refractivity (Wildman–Crippen MR) is 73.5 cm³/mol. The van der Waals surface area contributed by atoms with E-state index in [4.69, 9.17) is 9.47 Å². The maximum absolute atomic E-state index is 10.9. The Morgan fingerprint density at radius 2 is 1.82 bits per heavy atom. The molecule has 3 nitrogen and oxygen atoms in total. The average molecular weight is 366 g/mol. The maximum Gasteiger partial charge on any atom is 0.308 e. The number of esters is 1. The summed E-state index contributed by atoms with van der Waals surface area (Å²) in [6, 6.07) is 3.42. The molecule has 0 radical (unpaired) electrons. The maximum atomic E-state index is 10.9. The number of carbonyl (C=O) groups excluding carboxylic acids is 1. The molecule has 0 saturated carbocycles. The molecule has 0 saturated heterocycles. The van der Waals surface area contributed by atoms with E-state index in [1.807, 2.05) is 0 Å². The van der Waals surface area contributed by atoms with Gasteiger partial charge in [0, 0.05) is 6.92 Å². The first-order valence-electron chi connectivity index (χ1n) is 5.20. The van der Waals surface area contributed by atoms with Gasteiger partial charge in [-0.3, -0.25) is 4.79 Å². The SMILES string of the molecule is CC(=O)Oc1cc(Br)c(OCC(C)C)c(Br)c1. The number of carbonyl (C=O) groups is 1. The van der Waals surface area contributed by atoms with Gasteiger partial charge in [-0.15, -0.1) is 0 Å². The minimum atomic E-state index is -0.348. The third kappa shape index (κ3) is 4.68. The highest BCUT2D eigenvalue weighted by atomic mass is 79.9. The van der Waals surface area contributed by atoms with Crippen molar-refractivity contribution in [3.05, 3.63) is 21.1 Å². The number of benzene rings is 1. The summed E-state index contributed by atoms with van der Waals surface area (Å²) in [5.41, 5.74) is 0. The summed E-state index contributed by atoms with van der Waals surface area (Å²) >= 11 is 6.78. The normalized spacial score (nSPS) is 10.5. The summed E-state index contributed by atoms with van der Waals surface area (Å²) in [6.45, 7) is 6.15. The number of hydrogen-bond acceptors (Lipinski definition) is 3. The molecule has 1 aromatic rings. The smallest absolute Gasteiger partial charge is 0.308 e. The molecule has 1 rings (SSSR count). The highest BCUT2D eigenvalue weighted by molar-refractivity contribution is 9.11. The van der Waals surface area contributed by atoms with E-state index < -0.39 is 0 Å². The lowest BCUT2D eigenvalue weighted by atomic mass is 10.2. The van der Waals surface area contributed by atoms with Gasteiger partial charge in [-0.05, 0) is 49.9 Å². The largest absolute Gasteiger partial charge is 0.491 e. The second kappa shape index (κ2) is 6.40. The highest BCUT2D eigenvalue weighted by Gasteiger charge is 2.11. The fourth-order valence-corrected chi connectivity index (χ4v) is 2.52. The van der Waals surface area contributed by atoms with Gasteiger partial charge in [0.05, 0.1) is 15.6 Å². The van der Waals surface area contributed by atoms with Crippen LogP contribution in [0.5, 0.6) is 11.5 Å². The van der Waals surface area contributed by atoms with Crippen molar-refractivity contribution >= 4 is 37.8 Å². The molecule has 5 heteroatoms. The van der Waals surface area contributed by atoms with E-state index in [0.717, 1.165) is 14.7 Å². The van der Waals surface area contributed by atoms with E-state index >= 15 is 0 Å². The third-order valence-corrected chi connectivity index (χ3v) is 2.97. The van der Waals surface area contributed by atoms with Crippen LogP contribution in [-0.4, -0.2) is 12.6 Å². The molecule has 17 heavy (non-hydrogen) atoms. The topological polar surface area (TPSA) is 35.5 Å². The van der Waals surface area contributed by atoms with Crippen molar-refractivity contribution in [3.8, 4) is 11.5 Å². The van der Waals surface area contributed by atoms with Crippen LogP contribution in [0.4, 0.5) is 0 Å². The van der Waals surface area contributed by atoms with Gasteiger partial charge in [0.2, 0.25) is 0 Å². The lowest BCUT2D eigenvalue weighted by Gasteiger charge is -2.13. The molecule has 0 amide bonds. The molecule has 0 aliphatic heterocycles. The van der Waals surface area contributed by atoms with Gasteiger partial charge in [-0.2, -0.15) is 0 Å². The van der Waals surface area contributed by atoms with E-state index in [2.05, 4.69) is 45.7 Å². The van der Waals surface area contributed by atoms with Gasteiger partial charge in [0.1, 0.15) is 11.5 Å². The van der Waals surface area contributed by atoms with E-state index in [1.165, 1.54) is 6.92 Å². The van der Waals surface area contributed by atoms with Crippen molar-refractivity contribution in [1.29, 1.82) is 0 Å². The first kappa shape index (κ1) is 14.5. The van der Waals surface area contributed by atoms with Crippen molar-refractivity contribution in [1.82, 2.24) is 0 Å². The van der Waals surface area contributed by atoms with Crippen molar-refractivity contribution in [2.24, 2.45) is 5.92 Å². The van der Waals surface area contributed by atoms with E-state index in [1.54, 1.807) is 12.1 Å². The first-order chi connectivity index (χ1) is 7.90. The van der Waals surface area contributed by atoms with Crippen molar-refractivity contribution in [3.63, 3.8) is 0 Å². The molecule has 0 fully saturated rings. The van der Waals surface area contributed by atoms with E-state index in [9.17, 15) is 4.79 Å². The van der Waals surface area contributed by atoms with Gasteiger partial charge in [-0.25, -0.2) is 0 Å². The Kier molecular flexibility index (Phi) is 5.46. The molecule has 0 N–H and O–H groups in total. The molecule has 0 spiro atoms. The van der Waals surface area contributed by atoms with Crippen LogP contribution in [0.25, 0.3) is 0 Å². The minimum absolute atomic E-state index is 0.348. The molecular weight excluding hydrogens is 352 g/mol. The van der Waals surface area contributed by atoms with Gasteiger partial charge < -0.3 is 9.47 Å². The van der Waals surface area contributed by atoms with Crippen LogP contribution in [0.3, 0.4) is 0 Å². The predicted octanol–water partition coefficient (Wildman–Crippen LogP) is 4.17. The number of rotatable bonds is 4. The lowest BCUT2D eigenvalue weighted by molar-refractivity contribution is -0.131. The Balaban J connectivity index is 2.90. The van der Waals surface area contributed by atoms with Crippen LogP contribution in [-0.2, 0) is 4.79 Å². The quantitative estimate of drug-likeness (QED) is 0.593. The Bertz CT molecular complexity index is 393. The fraction of sp³-hybridized carbons (Fsp3) is 0.417. The average Bonchev–Trinajstić information content (AvgIpc) is 2.14. The van der Waals surface area contributed by atoms with Gasteiger partial charge in [0.25, 0.3) is 0 Å². The second-order valence-corrected chi connectivity index (χ2v) is 5.72. The van der Waals surface area contributed by atoms with Gasteiger partial charge in [-0.1, -0.05) is 13.8 Å². The number of halogens is 2. The van der Waals surface area contributed by atoms with Crippen LogP contribution >= 0.6 is 31.9 Å². The van der Waals surface area contributed by atoms with Crippen LogP contribution < -0.4 is 9.47 Å². The minimum Gasteiger partial charge on any atom is -0.491 e. The standard InChI is InChI=1S/C12H14Br2O3/c1-7(2)6-16-12-10(13)4-9(5-11(12)14)17-8(3)15/h4-5,7H,6H2,1-3H3. The molecular formula is C12H14Br2O3. The summed E-state index contributed by atoms with van der Waals surface area (Å²) in [5.74, 6) is 1.30. The van der Waals surface area contributed by atoms with Crippen LogP contribution in [0, 0.1) is 5.92 Å². The van der Waals surface area contributed by atoms with Gasteiger partial charge >= 0.3 is 5.97 Å². The summed E-state index contributed by atoms with van der Waals surface area (Å²) in [4.78, 5) is 10.9. The Labute approximate surface area is 118 Å².